The second-order valence-corrected chi connectivity index (χ2v) is 5.32. The quantitative estimate of drug-likeness (QED) is 0.789. The highest BCUT2D eigenvalue weighted by molar-refractivity contribution is 5.77. The molecular weight excluding hydrogens is 256 g/mol. The predicted octanol–water partition coefficient (Wildman–Crippen LogP) is 4.08. The van der Waals surface area contributed by atoms with Gasteiger partial charge in [0.15, 0.2) is 0 Å². The second-order valence-electron chi connectivity index (χ2n) is 5.32. The van der Waals surface area contributed by atoms with Crippen LogP contribution in [0.2, 0.25) is 0 Å². The van der Waals surface area contributed by atoms with E-state index >= 15 is 0 Å². The number of nitrogens with zero attached hydrogens (tertiary/aromatic N) is 2. The molecule has 0 bridgehead atoms. The van der Waals surface area contributed by atoms with E-state index in [0.29, 0.717) is 5.57 Å². The van der Waals surface area contributed by atoms with E-state index in [-0.39, 0.29) is 5.92 Å². The Kier molecular flexibility index (Phi) is 3.30. The average Bonchev–Trinajstić information content (AvgIpc) is 3.29. The lowest BCUT2D eigenvalue weighted by molar-refractivity contribution is 0.843. The normalized spacial score (nSPS) is 23.9. The molecule has 0 aromatic heterocycles. The van der Waals surface area contributed by atoms with Gasteiger partial charge in [0.2, 0.25) is 0 Å². The van der Waals surface area contributed by atoms with Crippen molar-refractivity contribution in [3.8, 4) is 12.1 Å². The van der Waals surface area contributed by atoms with Gasteiger partial charge in [-0.2, -0.15) is 10.5 Å². The molecule has 1 aliphatic carbocycles. The fourth-order valence-electron chi connectivity index (χ4n) is 2.77. The molecule has 0 aliphatic heterocycles. The van der Waals surface area contributed by atoms with Gasteiger partial charge < -0.3 is 0 Å². The molecule has 0 radical (unpaired) electrons. The van der Waals surface area contributed by atoms with Gasteiger partial charge in [0.1, 0.15) is 0 Å². The summed E-state index contributed by atoms with van der Waals surface area (Å²) in [5.41, 5.74) is 2.14. The first-order chi connectivity index (χ1) is 10.3. The standard InChI is InChI=1S/C19H14N2/c20-13-16(15-7-3-1-4-8-15)11-18-12-19(18,14-21)17-9-5-2-6-10-17/h1-11,18H,12H2/b16-11-. The van der Waals surface area contributed by atoms with E-state index in [0.717, 1.165) is 17.5 Å². The van der Waals surface area contributed by atoms with Crippen molar-refractivity contribution in [1.82, 2.24) is 0 Å². The highest BCUT2D eigenvalue weighted by Gasteiger charge is 2.55. The molecule has 21 heavy (non-hydrogen) atoms. The molecule has 2 aromatic carbocycles. The maximum Gasteiger partial charge on any atom is 0.0994 e. The first-order valence-corrected chi connectivity index (χ1v) is 6.94. The topological polar surface area (TPSA) is 47.6 Å². The third-order valence-electron chi connectivity index (χ3n) is 4.08. The van der Waals surface area contributed by atoms with Gasteiger partial charge >= 0.3 is 0 Å². The highest BCUT2D eigenvalue weighted by atomic mass is 14.6. The molecular formula is C19H14N2. The molecule has 2 nitrogen and oxygen atoms in total. The fraction of sp³-hybridized carbons (Fsp3) is 0.158. The Morgan fingerprint density at radius 2 is 1.62 bits per heavy atom. The Balaban J connectivity index is 1.92. The highest BCUT2D eigenvalue weighted by Crippen LogP contribution is 2.55. The SMILES string of the molecule is N#C/C(=C/C1CC1(C#N)c1ccccc1)c1ccccc1. The van der Waals surface area contributed by atoms with E-state index in [4.69, 9.17) is 0 Å². The van der Waals surface area contributed by atoms with Crippen molar-refractivity contribution in [2.75, 3.05) is 0 Å². The molecule has 1 fully saturated rings. The number of nitriles is 2. The lowest BCUT2D eigenvalue weighted by Crippen LogP contribution is -2.05. The van der Waals surface area contributed by atoms with Crippen LogP contribution in [0.1, 0.15) is 17.5 Å². The van der Waals surface area contributed by atoms with Crippen molar-refractivity contribution in [3.63, 3.8) is 0 Å². The van der Waals surface area contributed by atoms with Crippen LogP contribution in [0, 0.1) is 28.6 Å². The molecule has 2 aromatic rings. The average molecular weight is 270 g/mol. The van der Waals surface area contributed by atoms with Gasteiger partial charge in [0.05, 0.1) is 23.1 Å². The molecule has 0 saturated heterocycles. The molecule has 100 valence electrons. The molecule has 0 N–H and O–H groups in total. The van der Waals surface area contributed by atoms with E-state index in [1.165, 1.54) is 0 Å². The minimum Gasteiger partial charge on any atom is -0.197 e. The first kappa shape index (κ1) is 13.2. The molecule has 0 amide bonds. The van der Waals surface area contributed by atoms with Gasteiger partial charge in [-0.15, -0.1) is 0 Å². The summed E-state index contributed by atoms with van der Waals surface area (Å²) in [6, 6.07) is 24.2. The van der Waals surface area contributed by atoms with Gasteiger partial charge in [-0.1, -0.05) is 66.7 Å². The van der Waals surface area contributed by atoms with Gasteiger partial charge in [0.25, 0.3) is 0 Å². The minimum atomic E-state index is -0.460. The molecule has 2 heteroatoms. The predicted molar refractivity (Wildman–Crippen MR) is 81.9 cm³/mol. The summed E-state index contributed by atoms with van der Waals surface area (Å²) in [5.74, 6) is 0.111. The summed E-state index contributed by atoms with van der Waals surface area (Å²) >= 11 is 0. The number of allylic oxidation sites excluding steroid dienone is 2. The summed E-state index contributed by atoms with van der Waals surface area (Å²) in [6.45, 7) is 0. The molecule has 0 spiro atoms. The summed E-state index contributed by atoms with van der Waals surface area (Å²) in [5, 5.41) is 18.9. The summed E-state index contributed by atoms with van der Waals surface area (Å²) < 4.78 is 0. The molecule has 1 aliphatic rings. The largest absolute Gasteiger partial charge is 0.197 e. The Bertz CT molecular complexity index is 748. The van der Waals surface area contributed by atoms with Crippen molar-refractivity contribution in [2.45, 2.75) is 11.8 Å². The zero-order valence-electron chi connectivity index (χ0n) is 11.5. The smallest absolute Gasteiger partial charge is 0.0994 e. The van der Waals surface area contributed by atoms with Crippen molar-refractivity contribution in [3.05, 3.63) is 77.9 Å². The third-order valence-corrected chi connectivity index (χ3v) is 4.08. The number of rotatable bonds is 3. The first-order valence-electron chi connectivity index (χ1n) is 6.94. The van der Waals surface area contributed by atoms with Crippen molar-refractivity contribution in [1.29, 1.82) is 10.5 Å². The van der Waals surface area contributed by atoms with Crippen LogP contribution in [0.4, 0.5) is 0 Å². The number of hydrogen-bond donors (Lipinski definition) is 0. The van der Waals surface area contributed by atoms with Gasteiger partial charge in [-0.25, -0.2) is 0 Å². The third kappa shape index (κ3) is 2.33. The minimum absolute atomic E-state index is 0.111. The van der Waals surface area contributed by atoms with Crippen LogP contribution >= 0.6 is 0 Å². The summed E-state index contributed by atoms with van der Waals surface area (Å²) in [7, 11) is 0. The van der Waals surface area contributed by atoms with Crippen LogP contribution in [0.15, 0.2) is 66.7 Å². The van der Waals surface area contributed by atoms with Gasteiger partial charge in [-0.3, -0.25) is 0 Å². The van der Waals surface area contributed by atoms with E-state index in [2.05, 4.69) is 12.1 Å². The van der Waals surface area contributed by atoms with Gasteiger partial charge in [0, 0.05) is 5.92 Å². The molecule has 2 atom stereocenters. The number of hydrogen-bond acceptors (Lipinski definition) is 2. The van der Waals surface area contributed by atoms with E-state index < -0.39 is 5.41 Å². The Morgan fingerprint density at radius 3 is 2.19 bits per heavy atom. The molecule has 1 saturated carbocycles. The van der Waals surface area contributed by atoms with E-state index in [1.54, 1.807) is 0 Å². The van der Waals surface area contributed by atoms with Crippen molar-refractivity contribution >= 4 is 5.57 Å². The molecule has 0 heterocycles. The van der Waals surface area contributed by atoms with Crippen LogP contribution in [0.25, 0.3) is 5.57 Å². The molecule has 3 rings (SSSR count). The van der Waals surface area contributed by atoms with Gasteiger partial charge in [-0.05, 0) is 17.5 Å². The Hall–Kier alpha value is -2.84. The van der Waals surface area contributed by atoms with Crippen LogP contribution in [-0.4, -0.2) is 0 Å². The van der Waals surface area contributed by atoms with Crippen molar-refractivity contribution in [2.24, 2.45) is 5.92 Å². The monoisotopic (exact) mass is 270 g/mol. The van der Waals surface area contributed by atoms with E-state index in [9.17, 15) is 10.5 Å². The lowest BCUT2D eigenvalue weighted by Gasteiger charge is -2.07. The van der Waals surface area contributed by atoms with Crippen LogP contribution in [-0.2, 0) is 5.41 Å². The zero-order valence-corrected chi connectivity index (χ0v) is 11.5. The van der Waals surface area contributed by atoms with E-state index in [1.807, 2.05) is 66.7 Å². The molecule has 2 unspecified atom stereocenters. The van der Waals surface area contributed by atoms with Crippen LogP contribution in [0.5, 0.6) is 0 Å². The van der Waals surface area contributed by atoms with Crippen LogP contribution < -0.4 is 0 Å². The maximum atomic E-state index is 9.57. The Labute approximate surface area is 124 Å². The fourth-order valence-corrected chi connectivity index (χ4v) is 2.77. The van der Waals surface area contributed by atoms with Crippen LogP contribution in [0.3, 0.4) is 0 Å². The summed E-state index contributed by atoms with van der Waals surface area (Å²) in [6.07, 6.45) is 2.73. The summed E-state index contributed by atoms with van der Waals surface area (Å²) in [4.78, 5) is 0. The Morgan fingerprint density at radius 1 is 1.00 bits per heavy atom. The second kappa shape index (κ2) is 5.27. The lowest BCUT2D eigenvalue weighted by atomic mass is 9.93. The van der Waals surface area contributed by atoms with Crippen molar-refractivity contribution < 1.29 is 0 Å². The number of benzene rings is 2. The zero-order chi connectivity index (χ0) is 14.7. The maximum absolute atomic E-state index is 9.57.